The SMILES string of the molecule is COc1ccc([C@@H]2[C@H](C(F)(F)F)C(C(=O)NN3CCCCCC3)=NN2c2ccc(Cl)cc2Cl)cc1. The highest BCUT2D eigenvalue weighted by molar-refractivity contribution is 6.41. The molecule has 4 rings (SSSR count). The molecule has 2 aromatic rings. The Kier molecular flexibility index (Phi) is 7.78. The van der Waals surface area contributed by atoms with Crippen LogP contribution in [0.15, 0.2) is 47.6 Å². The first-order valence-electron chi connectivity index (χ1n) is 11.3. The molecule has 0 saturated carbocycles. The topological polar surface area (TPSA) is 57.2 Å². The maximum absolute atomic E-state index is 14.6. The van der Waals surface area contributed by atoms with Gasteiger partial charge in [0.2, 0.25) is 0 Å². The summed E-state index contributed by atoms with van der Waals surface area (Å²) in [6.45, 7) is 1.15. The summed E-state index contributed by atoms with van der Waals surface area (Å²) in [6.07, 6.45) is -1.01. The van der Waals surface area contributed by atoms with E-state index in [-0.39, 0.29) is 10.7 Å². The third kappa shape index (κ3) is 5.68. The number of hydrazine groups is 1. The van der Waals surface area contributed by atoms with Crippen molar-refractivity contribution in [3.63, 3.8) is 0 Å². The highest BCUT2D eigenvalue weighted by Gasteiger charge is 2.56. The maximum Gasteiger partial charge on any atom is 0.399 e. The molecular formula is C24H25Cl2F3N4O2. The zero-order chi connectivity index (χ0) is 25.2. The molecule has 6 nitrogen and oxygen atoms in total. The van der Waals surface area contributed by atoms with Crippen molar-refractivity contribution in [1.29, 1.82) is 0 Å². The number of carbonyl (C=O) groups is 1. The number of methoxy groups -OCH3 is 1. The Labute approximate surface area is 211 Å². The number of hydrogen-bond donors (Lipinski definition) is 1. The molecule has 2 aromatic carbocycles. The number of halogens is 5. The standard InChI is InChI=1S/C24H25Cl2F3N4O2/c1-35-17-9-6-15(7-10-17)22-20(24(27,28)29)21(23(34)31-32-12-4-2-3-5-13-32)30-33(22)19-11-8-16(25)14-18(19)26/h6-11,14,20,22H,2-5,12-13H2,1H3,(H,31,34)/t20-,22-/m1/s1. The van der Waals surface area contributed by atoms with Gasteiger partial charge in [0, 0.05) is 18.1 Å². The monoisotopic (exact) mass is 528 g/mol. The van der Waals surface area contributed by atoms with Gasteiger partial charge in [-0.1, -0.05) is 48.2 Å². The smallest absolute Gasteiger partial charge is 0.399 e. The van der Waals surface area contributed by atoms with Gasteiger partial charge in [0.05, 0.1) is 23.9 Å². The molecule has 1 fully saturated rings. The van der Waals surface area contributed by atoms with E-state index in [1.54, 1.807) is 17.1 Å². The minimum atomic E-state index is -4.76. The molecule has 1 amide bonds. The molecule has 2 heterocycles. The van der Waals surface area contributed by atoms with E-state index in [4.69, 9.17) is 27.9 Å². The Morgan fingerprint density at radius 3 is 2.29 bits per heavy atom. The summed E-state index contributed by atoms with van der Waals surface area (Å²) in [7, 11) is 1.47. The molecule has 0 bridgehead atoms. The first kappa shape index (κ1) is 25.6. The van der Waals surface area contributed by atoms with Gasteiger partial charge in [-0.15, -0.1) is 0 Å². The molecule has 0 aromatic heterocycles. The van der Waals surface area contributed by atoms with E-state index >= 15 is 0 Å². The normalized spacial score (nSPS) is 21.4. The van der Waals surface area contributed by atoms with Crippen LogP contribution in [0.1, 0.15) is 37.3 Å². The summed E-state index contributed by atoms with van der Waals surface area (Å²) >= 11 is 12.4. The average molecular weight is 529 g/mol. The number of anilines is 1. The summed E-state index contributed by atoms with van der Waals surface area (Å²) in [5.74, 6) is -2.57. The lowest BCUT2D eigenvalue weighted by atomic mass is 9.88. The predicted molar refractivity (Wildman–Crippen MR) is 130 cm³/mol. The minimum absolute atomic E-state index is 0.120. The van der Waals surface area contributed by atoms with Crippen molar-refractivity contribution in [3.8, 4) is 5.75 Å². The number of ether oxygens (including phenoxy) is 1. The number of hydrazone groups is 1. The van der Waals surface area contributed by atoms with Crippen LogP contribution in [-0.2, 0) is 4.79 Å². The van der Waals surface area contributed by atoms with Crippen LogP contribution in [0.25, 0.3) is 0 Å². The van der Waals surface area contributed by atoms with Crippen molar-refractivity contribution < 1.29 is 22.7 Å². The number of benzene rings is 2. The summed E-state index contributed by atoms with van der Waals surface area (Å²) < 4.78 is 48.9. The lowest BCUT2D eigenvalue weighted by Gasteiger charge is -2.30. The average Bonchev–Trinajstić information content (AvgIpc) is 3.04. The van der Waals surface area contributed by atoms with Crippen molar-refractivity contribution in [1.82, 2.24) is 10.4 Å². The van der Waals surface area contributed by atoms with E-state index in [2.05, 4.69) is 10.5 Å². The number of amides is 1. The van der Waals surface area contributed by atoms with E-state index in [0.717, 1.165) is 30.7 Å². The van der Waals surface area contributed by atoms with Gasteiger partial charge in [-0.25, -0.2) is 5.01 Å². The molecule has 0 spiro atoms. The number of carbonyl (C=O) groups excluding carboxylic acids is 1. The zero-order valence-corrected chi connectivity index (χ0v) is 20.5. The second-order valence-corrected chi connectivity index (χ2v) is 9.35. The summed E-state index contributed by atoms with van der Waals surface area (Å²) in [6, 6.07) is 9.28. The molecular weight excluding hydrogens is 504 g/mol. The Balaban J connectivity index is 1.77. The first-order valence-corrected chi connectivity index (χ1v) is 12.0. The van der Waals surface area contributed by atoms with Gasteiger partial charge < -0.3 is 4.74 Å². The zero-order valence-electron chi connectivity index (χ0n) is 19.0. The summed E-state index contributed by atoms with van der Waals surface area (Å²) in [5.41, 5.74) is 2.55. The molecule has 11 heteroatoms. The van der Waals surface area contributed by atoms with Crippen molar-refractivity contribution in [2.24, 2.45) is 11.0 Å². The van der Waals surface area contributed by atoms with Gasteiger partial charge in [0.1, 0.15) is 17.4 Å². The second-order valence-electron chi connectivity index (χ2n) is 8.51. The molecule has 2 atom stereocenters. The summed E-state index contributed by atoms with van der Waals surface area (Å²) in [5, 5.41) is 7.50. The van der Waals surface area contributed by atoms with Crippen LogP contribution >= 0.6 is 23.2 Å². The van der Waals surface area contributed by atoms with E-state index in [0.29, 0.717) is 29.4 Å². The van der Waals surface area contributed by atoms with E-state index in [1.807, 2.05) is 0 Å². The molecule has 1 N–H and O–H groups in total. The molecule has 2 aliphatic rings. The molecule has 0 radical (unpaired) electrons. The molecule has 35 heavy (non-hydrogen) atoms. The van der Waals surface area contributed by atoms with Gasteiger partial charge in [0.25, 0.3) is 5.91 Å². The van der Waals surface area contributed by atoms with E-state index < -0.39 is 29.8 Å². The van der Waals surface area contributed by atoms with Crippen LogP contribution in [0.5, 0.6) is 5.75 Å². The highest BCUT2D eigenvalue weighted by atomic mass is 35.5. The maximum atomic E-state index is 14.6. The largest absolute Gasteiger partial charge is 0.497 e. The molecule has 188 valence electrons. The highest BCUT2D eigenvalue weighted by Crippen LogP contribution is 2.48. The van der Waals surface area contributed by atoms with Crippen molar-refractivity contribution in [2.75, 3.05) is 25.2 Å². The Bertz CT molecular complexity index is 1090. The van der Waals surface area contributed by atoms with Crippen LogP contribution in [0.2, 0.25) is 10.0 Å². The van der Waals surface area contributed by atoms with Crippen LogP contribution < -0.4 is 15.2 Å². The van der Waals surface area contributed by atoms with Gasteiger partial charge in [-0.05, 0) is 48.7 Å². The van der Waals surface area contributed by atoms with Crippen molar-refractivity contribution in [2.45, 2.75) is 37.9 Å². The number of nitrogens with zero attached hydrogens (tertiary/aromatic N) is 3. The third-order valence-electron chi connectivity index (χ3n) is 6.15. The Morgan fingerprint density at radius 1 is 1.06 bits per heavy atom. The fourth-order valence-corrected chi connectivity index (χ4v) is 4.94. The Morgan fingerprint density at radius 2 is 1.71 bits per heavy atom. The van der Waals surface area contributed by atoms with Gasteiger partial charge in [-0.3, -0.25) is 15.2 Å². The lowest BCUT2D eigenvalue weighted by molar-refractivity contribution is -0.160. The minimum Gasteiger partial charge on any atom is -0.497 e. The van der Waals surface area contributed by atoms with Crippen LogP contribution in [0, 0.1) is 5.92 Å². The van der Waals surface area contributed by atoms with E-state index in [1.165, 1.54) is 37.4 Å². The molecule has 0 unspecified atom stereocenters. The fourth-order valence-electron chi connectivity index (χ4n) is 4.44. The molecule has 2 aliphatic heterocycles. The number of hydrogen-bond acceptors (Lipinski definition) is 5. The predicted octanol–water partition coefficient (Wildman–Crippen LogP) is 6.01. The quantitative estimate of drug-likeness (QED) is 0.516. The van der Waals surface area contributed by atoms with Crippen LogP contribution in [-0.4, -0.2) is 43.0 Å². The van der Waals surface area contributed by atoms with Crippen LogP contribution in [0.3, 0.4) is 0 Å². The molecule has 0 aliphatic carbocycles. The number of alkyl halides is 3. The van der Waals surface area contributed by atoms with Crippen LogP contribution in [0.4, 0.5) is 18.9 Å². The van der Waals surface area contributed by atoms with Crippen molar-refractivity contribution in [3.05, 3.63) is 58.1 Å². The van der Waals surface area contributed by atoms with Gasteiger partial charge in [0.15, 0.2) is 0 Å². The van der Waals surface area contributed by atoms with Gasteiger partial charge in [-0.2, -0.15) is 18.3 Å². The molecule has 1 saturated heterocycles. The van der Waals surface area contributed by atoms with Gasteiger partial charge >= 0.3 is 6.18 Å². The second kappa shape index (κ2) is 10.6. The van der Waals surface area contributed by atoms with Crippen molar-refractivity contribution >= 4 is 40.5 Å². The number of rotatable bonds is 5. The Hall–Kier alpha value is -2.49. The fraction of sp³-hybridized carbons (Fsp3) is 0.417. The lowest BCUT2D eigenvalue weighted by Crippen LogP contribution is -2.49. The third-order valence-corrected chi connectivity index (χ3v) is 6.69. The summed E-state index contributed by atoms with van der Waals surface area (Å²) in [4.78, 5) is 13.2. The first-order chi connectivity index (χ1) is 16.7. The van der Waals surface area contributed by atoms with E-state index in [9.17, 15) is 18.0 Å². The number of nitrogens with one attached hydrogen (secondary N) is 1.